The second-order valence-corrected chi connectivity index (χ2v) is 5.66. The van der Waals surface area contributed by atoms with Crippen molar-refractivity contribution in [2.45, 2.75) is 6.92 Å². The van der Waals surface area contributed by atoms with Gasteiger partial charge in [0.25, 0.3) is 5.91 Å². The van der Waals surface area contributed by atoms with Gasteiger partial charge in [-0.05, 0) is 37.3 Å². The molecule has 9 nitrogen and oxygen atoms in total. The molecule has 28 heavy (non-hydrogen) atoms. The fraction of sp³-hybridized carbons (Fsp3) is 0.0526. The van der Waals surface area contributed by atoms with E-state index in [1.54, 1.807) is 49.8 Å². The number of rotatable bonds is 6. The van der Waals surface area contributed by atoms with Crippen molar-refractivity contribution in [3.63, 3.8) is 0 Å². The molecule has 1 amide bonds. The highest BCUT2D eigenvalue weighted by Gasteiger charge is 2.15. The van der Waals surface area contributed by atoms with Crippen LogP contribution in [0.25, 0.3) is 0 Å². The van der Waals surface area contributed by atoms with E-state index in [-0.39, 0.29) is 11.5 Å². The number of nitrogens with one attached hydrogen (secondary N) is 4. The fourth-order valence-electron chi connectivity index (χ4n) is 2.23. The number of carbonyl (C=O) groups excluding carboxylic acids is 1. The van der Waals surface area contributed by atoms with Gasteiger partial charge < -0.3 is 16.0 Å². The molecule has 4 N–H and O–H groups in total. The molecule has 0 aliphatic rings. The molecule has 0 saturated heterocycles. The van der Waals surface area contributed by atoms with Gasteiger partial charge in [0.1, 0.15) is 18.0 Å². The number of aryl methyl sites for hydroxylation is 1. The molecule has 0 radical (unpaired) electrons. The summed E-state index contributed by atoms with van der Waals surface area (Å²) < 4.78 is 0. The van der Waals surface area contributed by atoms with Crippen LogP contribution in [0.4, 0.5) is 17.2 Å². The number of amidine groups is 1. The van der Waals surface area contributed by atoms with Crippen molar-refractivity contribution < 1.29 is 4.79 Å². The number of aromatic nitrogens is 4. The van der Waals surface area contributed by atoms with Gasteiger partial charge in [0.05, 0.1) is 23.8 Å². The van der Waals surface area contributed by atoms with Crippen molar-refractivity contribution >= 4 is 28.9 Å². The Morgan fingerprint density at radius 3 is 2.71 bits per heavy atom. The van der Waals surface area contributed by atoms with E-state index in [4.69, 9.17) is 5.41 Å². The number of hydrogen-bond acceptors (Lipinski definition) is 8. The summed E-state index contributed by atoms with van der Waals surface area (Å²) in [5, 5.41) is 16.4. The Labute approximate surface area is 161 Å². The molecule has 3 rings (SSSR count). The lowest BCUT2D eigenvalue weighted by Crippen LogP contribution is -2.30. The van der Waals surface area contributed by atoms with Gasteiger partial charge in [-0.1, -0.05) is 6.07 Å². The molecule has 0 bridgehead atoms. The van der Waals surface area contributed by atoms with Crippen LogP contribution in [0.2, 0.25) is 0 Å². The molecule has 0 atom stereocenters. The second kappa shape index (κ2) is 8.99. The fourth-order valence-corrected chi connectivity index (χ4v) is 2.23. The Balaban J connectivity index is 1.67. The molecule has 0 spiro atoms. The molecule has 3 aromatic rings. The Kier molecular flexibility index (Phi) is 5.99. The van der Waals surface area contributed by atoms with Crippen molar-refractivity contribution in [2.75, 3.05) is 10.6 Å². The molecule has 9 heteroatoms. The molecule has 0 saturated carbocycles. The third-order valence-electron chi connectivity index (χ3n) is 3.48. The zero-order chi connectivity index (χ0) is 19.8. The summed E-state index contributed by atoms with van der Waals surface area (Å²) in [5.74, 6) is 0.0380. The van der Waals surface area contributed by atoms with Gasteiger partial charge in [0.2, 0.25) is 0 Å². The zero-order valence-electron chi connectivity index (χ0n) is 15.0. The van der Waals surface area contributed by atoms with Crippen molar-refractivity contribution in [1.29, 1.82) is 5.41 Å². The molecule has 0 aromatic carbocycles. The first-order valence-electron chi connectivity index (χ1n) is 8.35. The molecule has 0 aliphatic carbocycles. The summed E-state index contributed by atoms with van der Waals surface area (Å²) in [5.41, 5.74) is 1.96. The summed E-state index contributed by atoms with van der Waals surface area (Å²) >= 11 is 0. The molecule has 3 heterocycles. The average molecular weight is 374 g/mol. The van der Waals surface area contributed by atoms with Crippen LogP contribution in [0.1, 0.15) is 16.2 Å². The van der Waals surface area contributed by atoms with Crippen LogP contribution in [-0.4, -0.2) is 31.7 Å². The van der Waals surface area contributed by atoms with Crippen molar-refractivity contribution in [3.8, 4) is 0 Å². The highest BCUT2D eigenvalue weighted by molar-refractivity contribution is 6.10. The Morgan fingerprint density at radius 2 is 1.96 bits per heavy atom. The van der Waals surface area contributed by atoms with E-state index < -0.39 is 5.91 Å². The standard InChI is InChI=1S/C19H18N8O/c1-13-5-6-15(26-14-10-21-12-22-11-14)18(25-13)19(28)27-16(20)7-9-24-17-4-2-3-8-23-17/h2-12,26H,1H3,(H,23,24)(H2,20,27,28)/b9-7-. The van der Waals surface area contributed by atoms with Crippen molar-refractivity contribution in [1.82, 2.24) is 25.3 Å². The van der Waals surface area contributed by atoms with Gasteiger partial charge >= 0.3 is 0 Å². The molecule has 140 valence electrons. The van der Waals surface area contributed by atoms with E-state index in [1.807, 2.05) is 6.07 Å². The molecule has 3 aromatic heterocycles. The summed E-state index contributed by atoms with van der Waals surface area (Å²) in [6, 6.07) is 8.96. The van der Waals surface area contributed by atoms with Crippen LogP contribution in [0.15, 0.2) is 67.5 Å². The first kappa shape index (κ1) is 18.6. The zero-order valence-corrected chi connectivity index (χ0v) is 15.0. The van der Waals surface area contributed by atoms with Crippen molar-refractivity contribution in [2.24, 2.45) is 0 Å². The van der Waals surface area contributed by atoms with E-state index in [2.05, 4.69) is 35.9 Å². The van der Waals surface area contributed by atoms with Gasteiger partial charge in [-0.2, -0.15) is 0 Å². The molecule has 0 unspecified atom stereocenters. The lowest BCUT2D eigenvalue weighted by atomic mass is 10.2. The Bertz CT molecular complexity index is 989. The first-order valence-corrected chi connectivity index (χ1v) is 8.35. The van der Waals surface area contributed by atoms with Gasteiger partial charge in [0, 0.05) is 18.1 Å². The Hall–Kier alpha value is -4.14. The quantitative estimate of drug-likeness (QED) is 0.386. The number of hydrogen-bond donors (Lipinski definition) is 4. The summed E-state index contributed by atoms with van der Waals surface area (Å²) in [6.45, 7) is 1.79. The van der Waals surface area contributed by atoms with Crippen LogP contribution in [0.5, 0.6) is 0 Å². The number of amides is 1. The second-order valence-electron chi connectivity index (χ2n) is 5.66. The maximum absolute atomic E-state index is 12.6. The summed E-state index contributed by atoms with van der Waals surface area (Å²) in [6.07, 6.45) is 9.18. The van der Waals surface area contributed by atoms with E-state index in [0.29, 0.717) is 22.9 Å². The lowest BCUT2D eigenvalue weighted by Gasteiger charge is -2.11. The number of carbonyl (C=O) groups is 1. The average Bonchev–Trinajstić information content (AvgIpc) is 2.71. The monoisotopic (exact) mass is 374 g/mol. The third-order valence-corrected chi connectivity index (χ3v) is 3.48. The van der Waals surface area contributed by atoms with Gasteiger partial charge in [-0.15, -0.1) is 0 Å². The van der Waals surface area contributed by atoms with Gasteiger partial charge in [-0.25, -0.2) is 19.9 Å². The van der Waals surface area contributed by atoms with Gasteiger partial charge in [-0.3, -0.25) is 10.2 Å². The predicted octanol–water partition coefficient (Wildman–Crippen LogP) is 2.65. The SMILES string of the molecule is Cc1ccc(Nc2cncnc2)c(C(=O)NC(=N)/C=C\Nc2ccccn2)n1. The molecular weight excluding hydrogens is 356 g/mol. The minimum Gasteiger partial charge on any atom is -0.351 e. The van der Waals surface area contributed by atoms with E-state index in [1.165, 1.54) is 18.6 Å². The normalized spacial score (nSPS) is 10.5. The topological polar surface area (TPSA) is 129 Å². The predicted molar refractivity (Wildman–Crippen MR) is 106 cm³/mol. The summed E-state index contributed by atoms with van der Waals surface area (Å²) in [4.78, 5) is 28.8. The largest absolute Gasteiger partial charge is 0.351 e. The highest BCUT2D eigenvalue weighted by atomic mass is 16.2. The number of nitrogens with zero attached hydrogens (tertiary/aromatic N) is 4. The maximum atomic E-state index is 12.6. The van der Waals surface area contributed by atoms with Crippen LogP contribution in [0.3, 0.4) is 0 Å². The van der Waals surface area contributed by atoms with Crippen LogP contribution in [0, 0.1) is 12.3 Å². The maximum Gasteiger partial charge on any atom is 0.277 e. The van der Waals surface area contributed by atoms with E-state index in [9.17, 15) is 4.79 Å². The minimum atomic E-state index is -0.504. The number of anilines is 3. The van der Waals surface area contributed by atoms with Gasteiger partial charge in [0.15, 0.2) is 5.69 Å². The molecular formula is C19H18N8O. The first-order chi connectivity index (χ1) is 13.6. The lowest BCUT2D eigenvalue weighted by molar-refractivity contribution is 0.0973. The third kappa shape index (κ3) is 5.18. The van der Waals surface area contributed by atoms with E-state index in [0.717, 1.165) is 0 Å². The van der Waals surface area contributed by atoms with E-state index >= 15 is 0 Å². The molecule has 0 fully saturated rings. The minimum absolute atomic E-state index is 0.0919. The van der Waals surface area contributed by atoms with Crippen molar-refractivity contribution in [3.05, 3.63) is 78.9 Å². The Morgan fingerprint density at radius 1 is 1.14 bits per heavy atom. The smallest absolute Gasteiger partial charge is 0.277 e. The van der Waals surface area contributed by atoms with Crippen LogP contribution < -0.4 is 16.0 Å². The number of pyridine rings is 2. The highest BCUT2D eigenvalue weighted by Crippen LogP contribution is 2.19. The van der Waals surface area contributed by atoms with Crippen LogP contribution in [-0.2, 0) is 0 Å². The van der Waals surface area contributed by atoms with Crippen LogP contribution >= 0.6 is 0 Å². The summed E-state index contributed by atoms with van der Waals surface area (Å²) in [7, 11) is 0. The molecule has 0 aliphatic heterocycles.